The van der Waals surface area contributed by atoms with Crippen molar-refractivity contribution in [2.45, 2.75) is 59.7 Å². The second kappa shape index (κ2) is 10.8. The lowest BCUT2D eigenvalue weighted by Crippen LogP contribution is -2.54. The third-order valence-corrected chi connectivity index (χ3v) is 6.78. The molecular formula is C25H34ClN3O4S. The fraction of sp³-hybridized carbons (Fsp3) is 0.440. The van der Waals surface area contributed by atoms with Crippen molar-refractivity contribution >= 4 is 39.1 Å². The number of aryl methyl sites for hydroxylation is 2. The zero-order valence-corrected chi connectivity index (χ0v) is 22.4. The maximum Gasteiger partial charge on any atom is 0.244 e. The van der Waals surface area contributed by atoms with Crippen molar-refractivity contribution < 1.29 is 18.0 Å². The number of halogens is 1. The van der Waals surface area contributed by atoms with Gasteiger partial charge in [0.15, 0.2) is 0 Å². The van der Waals surface area contributed by atoms with E-state index in [-0.39, 0.29) is 12.5 Å². The zero-order valence-electron chi connectivity index (χ0n) is 20.8. The van der Waals surface area contributed by atoms with Crippen molar-refractivity contribution in [1.82, 2.24) is 10.2 Å². The van der Waals surface area contributed by atoms with E-state index in [0.717, 1.165) is 27.3 Å². The number of amides is 2. The van der Waals surface area contributed by atoms with Crippen LogP contribution in [0.3, 0.4) is 0 Å². The third kappa shape index (κ3) is 7.74. The normalized spacial score (nSPS) is 12.7. The molecule has 2 rings (SSSR count). The summed E-state index contributed by atoms with van der Waals surface area (Å²) in [5.74, 6) is -0.818. The molecule has 34 heavy (non-hydrogen) atoms. The zero-order chi connectivity index (χ0) is 25.8. The van der Waals surface area contributed by atoms with Gasteiger partial charge in [-0.2, -0.15) is 0 Å². The molecule has 0 radical (unpaired) electrons. The van der Waals surface area contributed by atoms with Crippen molar-refractivity contribution in [2.24, 2.45) is 0 Å². The van der Waals surface area contributed by atoms with E-state index in [1.54, 1.807) is 43.3 Å². The second-order valence-corrected chi connectivity index (χ2v) is 11.9. The van der Waals surface area contributed by atoms with E-state index in [2.05, 4.69) is 5.32 Å². The van der Waals surface area contributed by atoms with Crippen LogP contribution in [0.25, 0.3) is 0 Å². The van der Waals surface area contributed by atoms with Gasteiger partial charge in [0, 0.05) is 17.1 Å². The topological polar surface area (TPSA) is 86.8 Å². The van der Waals surface area contributed by atoms with Crippen LogP contribution in [0.4, 0.5) is 5.69 Å². The molecule has 0 aromatic heterocycles. The quantitative estimate of drug-likeness (QED) is 0.583. The van der Waals surface area contributed by atoms with Crippen LogP contribution in [0.5, 0.6) is 0 Å². The highest BCUT2D eigenvalue weighted by atomic mass is 35.5. The summed E-state index contributed by atoms with van der Waals surface area (Å²) >= 11 is 5.99. The molecular weight excluding hydrogens is 474 g/mol. The van der Waals surface area contributed by atoms with Crippen molar-refractivity contribution in [3.8, 4) is 0 Å². The van der Waals surface area contributed by atoms with Gasteiger partial charge in [0.25, 0.3) is 0 Å². The molecule has 9 heteroatoms. The van der Waals surface area contributed by atoms with Gasteiger partial charge < -0.3 is 10.2 Å². The standard InChI is InChI=1S/C25H34ClN3O4S/c1-17-8-13-22(14-18(17)2)29(34(7,32)33)16-23(30)28(15-20-9-11-21(26)12-10-20)19(3)24(31)27-25(4,5)6/h8-14,19H,15-16H2,1-7H3,(H,27,31)/t19-/m0/s1. The molecule has 0 aliphatic carbocycles. The molecule has 0 bridgehead atoms. The molecule has 7 nitrogen and oxygen atoms in total. The molecule has 2 amide bonds. The second-order valence-electron chi connectivity index (χ2n) is 9.60. The van der Waals surface area contributed by atoms with Crippen LogP contribution >= 0.6 is 11.6 Å². The maximum absolute atomic E-state index is 13.5. The molecule has 0 fully saturated rings. The highest BCUT2D eigenvalue weighted by Crippen LogP contribution is 2.22. The smallest absolute Gasteiger partial charge is 0.244 e. The lowest BCUT2D eigenvalue weighted by Gasteiger charge is -2.33. The minimum atomic E-state index is -3.76. The number of nitrogens with one attached hydrogen (secondary N) is 1. The highest BCUT2D eigenvalue weighted by Gasteiger charge is 2.31. The molecule has 0 aliphatic rings. The number of hydrogen-bond donors (Lipinski definition) is 1. The van der Waals surface area contributed by atoms with Crippen LogP contribution in [-0.2, 0) is 26.2 Å². The molecule has 0 saturated heterocycles. The van der Waals surface area contributed by atoms with Gasteiger partial charge in [-0.1, -0.05) is 29.8 Å². The minimum absolute atomic E-state index is 0.124. The minimum Gasteiger partial charge on any atom is -0.350 e. The molecule has 0 heterocycles. The lowest BCUT2D eigenvalue weighted by molar-refractivity contribution is -0.140. The van der Waals surface area contributed by atoms with Crippen molar-refractivity contribution in [3.63, 3.8) is 0 Å². The van der Waals surface area contributed by atoms with E-state index in [0.29, 0.717) is 10.7 Å². The predicted molar refractivity (Wildman–Crippen MR) is 137 cm³/mol. The number of rotatable bonds is 8. The van der Waals surface area contributed by atoms with Gasteiger partial charge in [0.1, 0.15) is 12.6 Å². The summed E-state index contributed by atoms with van der Waals surface area (Å²) in [5.41, 5.74) is 2.61. The van der Waals surface area contributed by atoms with Crippen LogP contribution < -0.4 is 9.62 Å². The van der Waals surface area contributed by atoms with Gasteiger partial charge in [0.05, 0.1) is 11.9 Å². The summed E-state index contributed by atoms with van der Waals surface area (Å²) in [6.45, 7) is 10.7. The Hall–Kier alpha value is -2.58. The Bertz CT molecular complexity index is 1140. The first-order valence-electron chi connectivity index (χ1n) is 11.0. The third-order valence-electron chi connectivity index (χ3n) is 5.39. The van der Waals surface area contributed by atoms with Gasteiger partial charge >= 0.3 is 0 Å². The average molecular weight is 508 g/mol. The summed E-state index contributed by atoms with van der Waals surface area (Å²) in [7, 11) is -3.76. The summed E-state index contributed by atoms with van der Waals surface area (Å²) in [6.07, 6.45) is 1.06. The highest BCUT2D eigenvalue weighted by molar-refractivity contribution is 7.92. The average Bonchev–Trinajstić information content (AvgIpc) is 2.71. The van der Waals surface area contributed by atoms with Crippen molar-refractivity contribution in [2.75, 3.05) is 17.1 Å². The largest absolute Gasteiger partial charge is 0.350 e. The first-order chi connectivity index (χ1) is 15.6. The van der Waals surface area contributed by atoms with Gasteiger partial charge in [0.2, 0.25) is 21.8 Å². The van der Waals surface area contributed by atoms with Gasteiger partial charge in [-0.05, 0) is 82.5 Å². The summed E-state index contributed by atoms with van der Waals surface area (Å²) < 4.78 is 26.3. The van der Waals surface area contributed by atoms with E-state index in [1.807, 2.05) is 40.7 Å². The SMILES string of the molecule is Cc1ccc(N(CC(=O)N(Cc2ccc(Cl)cc2)[C@@H](C)C(=O)NC(C)(C)C)S(C)(=O)=O)cc1C. The molecule has 0 aliphatic heterocycles. The van der Waals surface area contributed by atoms with Crippen molar-refractivity contribution in [1.29, 1.82) is 0 Å². The number of nitrogens with zero attached hydrogens (tertiary/aromatic N) is 2. The first kappa shape index (κ1) is 27.7. The van der Waals surface area contributed by atoms with E-state index in [9.17, 15) is 18.0 Å². The molecule has 0 unspecified atom stereocenters. The number of carbonyl (C=O) groups excluding carboxylic acids is 2. The maximum atomic E-state index is 13.5. The van der Waals surface area contributed by atoms with Crippen LogP contribution in [0.15, 0.2) is 42.5 Å². The molecule has 1 N–H and O–H groups in total. The molecule has 0 spiro atoms. The summed E-state index contributed by atoms with van der Waals surface area (Å²) in [5, 5.41) is 3.45. The Kier molecular flexibility index (Phi) is 8.77. The van der Waals surface area contributed by atoms with Crippen molar-refractivity contribution in [3.05, 3.63) is 64.2 Å². The van der Waals surface area contributed by atoms with E-state index < -0.39 is 34.1 Å². The van der Waals surface area contributed by atoms with E-state index in [4.69, 9.17) is 11.6 Å². The van der Waals surface area contributed by atoms with Crippen LogP contribution in [0, 0.1) is 13.8 Å². The number of carbonyl (C=O) groups is 2. The molecule has 2 aromatic rings. The van der Waals surface area contributed by atoms with Gasteiger partial charge in [-0.25, -0.2) is 8.42 Å². The fourth-order valence-corrected chi connectivity index (χ4v) is 4.31. The Balaban J connectivity index is 2.41. The fourth-order valence-electron chi connectivity index (χ4n) is 3.34. The summed E-state index contributed by atoms with van der Waals surface area (Å²) in [6, 6.07) is 11.4. The Morgan fingerprint density at radius 2 is 1.62 bits per heavy atom. The van der Waals surface area contributed by atoms with Crippen LogP contribution in [0.1, 0.15) is 44.4 Å². The monoisotopic (exact) mass is 507 g/mol. The molecule has 2 aromatic carbocycles. The van der Waals surface area contributed by atoms with Gasteiger partial charge in [-0.15, -0.1) is 0 Å². The van der Waals surface area contributed by atoms with Gasteiger partial charge in [-0.3, -0.25) is 13.9 Å². The molecule has 0 saturated carbocycles. The molecule has 1 atom stereocenters. The number of anilines is 1. The summed E-state index contributed by atoms with van der Waals surface area (Å²) in [4.78, 5) is 27.8. The number of benzene rings is 2. The predicted octanol–water partition coefficient (Wildman–Crippen LogP) is 4.05. The molecule has 186 valence electrons. The van der Waals surface area contributed by atoms with E-state index in [1.165, 1.54) is 4.90 Å². The first-order valence-corrected chi connectivity index (χ1v) is 13.2. The Morgan fingerprint density at radius 1 is 1.03 bits per heavy atom. The Morgan fingerprint density at radius 3 is 2.12 bits per heavy atom. The number of sulfonamides is 1. The van der Waals surface area contributed by atoms with Crippen LogP contribution in [-0.4, -0.2) is 49.5 Å². The van der Waals surface area contributed by atoms with Crippen LogP contribution in [0.2, 0.25) is 5.02 Å². The van der Waals surface area contributed by atoms with E-state index >= 15 is 0 Å². The number of hydrogen-bond acceptors (Lipinski definition) is 4. The Labute approximate surface area is 208 Å². The lowest BCUT2D eigenvalue weighted by atomic mass is 10.1.